The van der Waals surface area contributed by atoms with Gasteiger partial charge in [0, 0.05) is 44.0 Å². The van der Waals surface area contributed by atoms with Crippen LogP contribution in [-0.2, 0) is 11.2 Å². The number of methoxy groups -OCH3 is 2. The molecule has 6 nitrogen and oxygen atoms in total. The summed E-state index contributed by atoms with van der Waals surface area (Å²) in [5, 5.41) is 0. The van der Waals surface area contributed by atoms with Crippen LogP contribution in [0.1, 0.15) is 55.6 Å². The van der Waals surface area contributed by atoms with Gasteiger partial charge < -0.3 is 18.8 Å². The maximum Gasteiger partial charge on any atom is 0.192 e. The Labute approximate surface area is 177 Å². The first-order valence-electron chi connectivity index (χ1n) is 10.5. The van der Waals surface area contributed by atoms with E-state index in [2.05, 4.69) is 18.4 Å². The molecular formula is C24H31NO5. The second kappa shape index (κ2) is 9.47. The van der Waals surface area contributed by atoms with Crippen molar-refractivity contribution in [1.29, 1.82) is 0 Å². The maximum atomic E-state index is 12.7. The number of pyridine rings is 1. The van der Waals surface area contributed by atoms with Crippen molar-refractivity contribution in [3.05, 3.63) is 45.7 Å². The minimum Gasteiger partial charge on any atom is -0.493 e. The molecule has 162 valence electrons. The van der Waals surface area contributed by atoms with Crippen LogP contribution in [0.2, 0.25) is 0 Å². The van der Waals surface area contributed by atoms with Gasteiger partial charge in [0.1, 0.15) is 0 Å². The number of carbonyl (C=O) groups excluding carboxylic acids is 1. The summed E-state index contributed by atoms with van der Waals surface area (Å²) in [5.74, 6) is 1.47. The molecule has 2 heterocycles. The van der Waals surface area contributed by atoms with Gasteiger partial charge >= 0.3 is 0 Å². The van der Waals surface area contributed by atoms with Crippen molar-refractivity contribution in [3.63, 3.8) is 0 Å². The van der Waals surface area contributed by atoms with Crippen molar-refractivity contribution in [1.82, 2.24) is 4.57 Å². The SMILES string of the molecule is COCCCOc1cc2c(cc1OC)-c1cc(=O)c(C(C)=O)cn1C(C(C)C)CC2. The first-order chi connectivity index (χ1) is 14.4. The standard InChI is InChI=1S/C24H31NO5/c1-15(2)20-8-7-17-11-24(30-10-6-9-28-4)23(29-5)12-18(17)21-13-22(27)19(16(3)26)14-25(20)21/h11-15,20H,6-10H2,1-5H3. The van der Waals surface area contributed by atoms with Gasteiger partial charge in [-0.15, -0.1) is 0 Å². The lowest BCUT2D eigenvalue weighted by atomic mass is 9.96. The van der Waals surface area contributed by atoms with Gasteiger partial charge in [0.2, 0.25) is 0 Å². The number of aromatic nitrogens is 1. The monoisotopic (exact) mass is 413 g/mol. The summed E-state index contributed by atoms with van der Waals surface area (Å²) >= 11 is 0. The minimum atomic E-state index is -0.247. The van der Waals surface area contributed by atoms with E-state index in [1.807, 2.05) is 12.1 Å². The number of fused-ring (bicyclic) bond motifs is 3. The largest absolute Gasteiger partial charge is 0.493 e. The zero-order valence-electron chi connectivity index (χ0n) is 18.5. The smallest absolute Gasteiger partial charge is 0.192 e. The zero-order valence-corrected chi connectivity index (χ0v) is 18.5. The predicted octanol–water partition coefficient (Wildman–Crippen LogP) is 4.29. The van der Waals surface area contributed by atoms with Crippen LogP contribution in [0.5, 0.6) is 11.5 Å². The van der Waals surface area contributed by atoms with Crippen molar-refractivity contribution in [2.75, 3.05) is 27.4 Å². The van der Waals surface area contributed by atoms with Crippen molar-refractivity contribution >= 4 is 5.78 Å². The second-order valence-corrected chi connectivity index (χ2v) is 8.11. The molecule has 0 bridgehead atoms. The third-order valence-electron chi connectivity index (χ3n) is 5.71. The van der Waals surface area contributed by atoms with Crippen LogP contribution in [0.3, 0.4) is 0 Å². The molecule has 0 amide bonds. The number of nitrogens with zero attached hydrogens (tertiary/aromatic N) is 1. The average Bonchev–Trinajstić information content (AvgIpc) is 2.86. The Bertz CT molecular complexity index is 976. The van der Waals surface area contributed by atoms with E-state index in [4.69, 9.17) is 14.2 Å². The molecule has 1 aromatic heterocycles. The first kappa shape index (κ1) is 22.1. The Balaban J connectivity index is 2.13. The number of hydrogen-bond acceptors (Lipinski definition) is 5. The lowest BCUT2D eigenvalue weighted by Gasteiger charge is -2.25. The molecule has 1 unspecified atom stereocenters. The first-order valence-corrected chi connectivity index (χ1v) is 10.5. The molecule has 0 spiro atoms. The number of ether oxygens (including phenoxy) is 3. The summed E-state index contributed by atoms with van der Waals surface area (Å²) in [6, 6.07) is 5.75. The molecule has 0 aliphatic carbocycles. The van der Waals surface area contributed by atoms with E-state index in [1.165, 1.54) is 6.92 Å². The van der Waals surface area contributed by atoms with Gasteiger partial charge in [-0.25, -0.2) is 0 Å². The van der Waals surface area contributed by atoms with Crippen LogP contribution in [0.25, 0.3) is 11.3 Å². The van der Waals surface area contributed by atoms with E-state index >= 15 is 0 Å². The Morgan fingerprint density at radius 2 is 1.93 bits per heavy atom. The summed E-state index contributed by atoms with van der Waals surface area (Å²) in [6.45, 7) is 6.95. The van der Waals surface area contributed by atoms with E-state index in [0.717, 1.165) is 36.1 Å². The average molecular weight is 414 g/mol. The van der Waals surface area contributed by atoms with Gasteiger partial charge in [-0.2, -0.15) is 0 Å². The zero-order chi connectivity index (χ0) is 21.8. The third kappa shape index (κ3) is 4.43. The quantitative estimate of drug-likeness (QED) is 0.477. The lowest BCUT2D eigenvalue weighted by molar-refractivity contribution is 0.101. The minimum absolute atomic E-state index is 0.183. The van der Waals surface area contributed by atoms with Crippen molar-refractivity contribution in [3.8, 4) is 22.8 Å². The van der Waals surface area contributed by atoms with Crippen LogP contribution in [0.4, 0.5) is 0 Å². The van der Waals surface area contributed by atoms with Gasteiger partial charge in [-0.05, 0) is 43.4 Å². The summed E-state index contributed by atoms with van der Waals surface area (Å²) in [6.07, 6.45) is 4.29. The topological polar surface area (TPSA) is 66.8 Å². The van der Waals surface area contributed by atoms with Gasteiger partial charge in [0.15, 0.2) is 22.7 Å². The number of ketones is 1. The molecule has 1 aromatic carbocycles. The molecule has 0 saturated carbocycles. The van der Waals surface area contributed by atoms with E-state index in [-0.39, 0.29) is 22.8 Å². The molecule has 1 atom stereocenters. The van der Waals surface area contributed by atoms with E-state index in [1.54, 1.807) is 26.5 Å². The summed E-state index contributed by atoms with van der Waals surface area (Å²) in [4.78, 5) is 24.6. The molecule has 0 radical (unpaired) electrons. The van der Waals surface area contributed by atoms with Crippen LogP contribution in [0.15, 0.2) is 29.2 Å². The maximum absolute atomic E-state index is 12.7. The fraction of sp³-hybridized carbons (Fsp3) is 0.500. The molecule has 30 heavy (non-hydrogen) atoms. The van der Waals surface area contributed by atoms with Crippen LogP contribution in [0, 0.1) is 5.92 Å². The normalized spacial score (nSPS) is 15.3. The fourth-order valence-electron chi connectivity index (χ4n) is 4.11. The highest BCUT2D eigenvalue weighted by atomic mass is 16.5. The molecule has 3 rings (SSSR count). The number of benzene rings is 1. The van der Waals surface area contributed by atoms with Gasteiger partial charge in [0.25, 0.3) is 0 Å². The molecule has 0 saturated heterocycles. The molecule has 1 aliphatic heterocycles. The Hall–Kier alpha value is -2.60. The van der Waals surface area contributed by atoms with Gasteiger partial charge in [-0.1, -0.05) is 13.8 Å². The molecule has 1 aliphatic rings. The summed E-state index contributed by atoms with van der Waals surface area (Å²) in [5.41, 5.74) is 2.87. The number of carbonyl (C=O) groups is 1. The van der Waals surface area contributed by atoms with Crippen LogP contribution < -0.4 is 14.9 Å². The van der Waals surface area contributed by atoms with E-state index < -0.39 is 0 Å². The van der Waals surface area contributed by atoms with Crippen LogP contribution in [-0.4, -0.2) is 37.8 Å². The Kier molecular flexibility index (Phi) is 6.98. The Morgan fingerprint density at radius 1 is 1.17 bits per heavy atom. The number of hydrogen-bond donors (Lipinski definition) is 0. The number of rotatable bonds is 8. The predicted molar refractivity (Wildman–Crippen MR) is 117 cm³/mol. The lowest BCUT2D eigenvalue weighted by Crippen LogP contribution is -2.22. The van der Waals surface area contributed by atoms with Crippen molar-refractivity contribution in [2.45, 2.75) is 46.1 Å². The van der Waals surface area contributed by atoms with Crippen molar-refractivity contribution in [2.24, 2.45) is 5.92 Å². The van der Waals surface area contributed by atoms with Crippen molar-refractivity contribution < 1.29 is 19.0 Å². The Morgan fingerprint density at radius 3 is 2.57 bits per heavy atom. The van der Waals surface area contributed by atoms with Gasteiger partial charge in [0.05, 0.1) is 25.0 Å². The highest BCUT2D eigenvalue weighted by Gasteiger charge is 2.26. The number of Topliss-reactive ketones (excluding diaryl/α,β-unsaturated/α-hetero) is 1. The number of aryl methyl sites for hydroxylation is 1. The third-order valence-corrected chi connectivity index (χ3v) is 5.71. The molecule has 6 heteroatoms. The molecule has 0 N–H and O–H groups in total. The second-order valence-electron chi connectivity index (χ2n) is 8.11. The summed E-state index contributed by atoms with van der Waals surface area (Å²) in [7, 11) is 3.29. The highest BCUT2D eigenvalue weighted by Crippen LogP contribution is 2.41. The van der Waals surface area contributed by atoms with E-state index in [9.17, 15) is 9.59 Å². The van der Waals surface area contributed by atoms with E-state index in [0.29, 0.717) is 30.6 Å². The molecule has 0 fully saturated rings. The van der Waals surface area contributed by atoms with Gasteiger partial charge in [-0.3, -0.25) is 9.59 Å². The fourth-order valence-corrected chi connectivity index (χ4v) is 4.11. The molecule has 2 aromatic rings. The van der Waals surface area contributed by atoms with Crippen LogP contribution >= 0.6 is 0 Å². The molecular weight excluding hydrogens is 382 g/mol. The highest BCUT2D eigenvalue weighted by molar-refractivity contribution is 5.94. The summed E-state index contributed by atoms with van der Waals surface area (Å²) < 4.78 is 18.7.